The van der Waals surface area contributed by atoms with Crippen LogP contribution in [0.2, 0.25) is 0 Å². The summed E-state index contributed by atoms with van der Waals surface area (Å²) >= 11 is 0. The number of benzene rings is 1. The Morgan fingerprint density at radius 3 is 2.40 bits per heavy atom. The summed E-state index contributed by atoms with van der Waals surface area (Å²) in [6.07, 6.45) is 4.71. The van der Waals surface area contributed by atoms with Crippen molar-refractivity contribution in [1.29, 1.82) is 0 Å². The number of aryl methyl sites for hydroxylation is 1. The monoisotopic (exact) mass is 418 g/mol. The molecule has 1 aromatic carbocycles. The van der Waals surface area contributed by atoms with Crippen LogP contribution in [-0.2, 0) is 17.8 Å². The lowest BCUT2D eigenvalue weighted by Gasteiger charge is -2.24. The smallest absolute Gasteiger partial charge is 0.330 e. The van der Waals surface area contributed by atoms with Crippen LogP contribution < -0.4 is 21.9 Å². The molecule has 2 aromatic rings. The molecule has 1 amide bonds. The van der Waals surface area contributed by atoms with E-state index in [1.807, 2.05) is 13.8 Å². The Bertz CT molecular complexity index is 950. The molecule has 0 spiro atoms. The third kappa shape index (κ3) is 6.05. The van der Waals surface area contributed by atoms with Gasteiger partial charge in [-0.3, -0.25) is 19.1 Å². The van der Waals surface area contributed by atoms with Gasteiger partial charge in [-0.2, -0.15) is 0 Å². The first kappa shape index (κ1) is 23.4. The maximum absolute atomic E-state index is 13.1. The van der Waals surface area contributed by atoms with E-state index < -0.39 is 11.2 Å². The molecule has 0 unspecified atom stereocenters. The summed E-state index contributed by atoms with van der Waals surface area (Å²) in [5.74, 6) is -0.572. The number of hydrogen-bond donors (Lipinski definition) is 2. The van der Waals surface area contributed by atoms with Crippen molar-refractivity contribution in [2.24, 2.45) is 0 Å². The van der Waals surface area contributed by atoms with Gasteiger partial charge in [0.1, 0.15) is 11.6 Å². The number of nitrogens with two attached hydrogens (primary N) is 1. The zero-order chi connectivity index (χ0) is 22.1. The molecular weight excluding hydrogens is 387 g/mol. The Morgan fingerprint density at radius 1 is 1.10 bits per heavy atom. The van der Waals surface area contributed by atoms with Gasteiger partial charge in [-0.15, -0.1) is 0 Å². The predicted octanol–water partition coefficient (Wildman–Crippen LogP) is 3.21. The number of hydrogen-bond acceptors (Lipinski definition) is 4. The summed E-state index contributed by atoms with van der Waals surface area (Å²) in [4.78, 5) is 41.5. The first-order chi connectivity index (χ1) is 14.4. The average Bonchev–Trinajstić information content (AvgIpc) is 2.71. The SMILES string of the molecule is CCCCCN(C(=O)CCc1ccc(F)cc1)c1c(N)n(CCCC)c(=O)[nH]c1=O. The van der Waals surface area contributed by atoms with Crippen LogP contribution in [0.3, 0.4) is 0 Å². The molecule has 7 nitrogen and oxygen atoms in total. The van der Waals surface area contributed by atoms with Crippen molar-refractivity contribution < 1.29 is 9.18 Å². The number of carbonyl (C=O) groups is 1. The van der Waals surface area contributed by atoms with Crippen molar-refractivity contribution in [1.82, 2.24) is 9.55 Å². The highest BCUT2D eigenvalue weighted by Gasteiger charge is 2.23. The average molecular weight is 419 g/mol. The fourth-order valence-electron chi connectivity index (χ4n) is 3.29. The molecule has 30 heavy (non-hydrogen) atoms. The van der Waals surface area contributed by atoms with Crippen molar-refractivity contribution >= 4 is 17.4 Å². The van der Waals surface area contributed by atoms with Gasteiger partial charge < -0.3 is 10.6 Å². The van der Waals surface area contributed by atoms with Crippen molar-refractivity contribution in [3.63, 3.8) is 0 Å². The number of anilines is 2. The van der Waals surface area contributed by atoms with Gasteiger partial charge in [0.2, 0.25) is 5.91 Å². The topological polar surface area (TPSA) is 101 Å². The van der Waals surface area contributed by atoms with Crippen LogP contribution >= 0.6 is 0 Å². The van der Waals surface area contributed by atoms with Crippen LogP contribution in [0.15, 0.2) is 33.9 Å². The lowest BCUT2D eigenvalue weighted by atomic mass is 10.1. The van der Waals surface area contributed by atoms with Gasteiger partial charge in [0.05, 0.1) is 0 Å². The molecule has 0 bridgehead atoms. The Labute approximate surface area is 175 Å². The molecule has 0 radical (unpaired) electrons. The number of aromatic amines is 1. The molecule has 0 saturated heterocycles. The summed E-state index contributed by atoms with van der Waals surface area (Å²) in [7, 11) is 0. The quantitative estimate of drug-likeness (QED) is 0.547. The van der Waals surface area contributed by atoms with Crippen molar-refractivity contribution in [2.75, 3.05) is 17.2 Å². The molecule has 0 aliphatic carbocycles. The predicted molar refractivity (Wildman–Crippen MR) is 117 cm³/mol. The zero-order valence-corrected chi connectivity index (χ0v) is 17.7. The molecule has 0 atom stereocenters. The Hall–Kier alpha value is -2.90. The number of H-pyrrole nitrogens is 1. The second-order valence-corrected chi connectivity index (χ2v) is 7.38. The minimum absolute atomic E-state index is 0.0174. The number of amides is 1. The van der Waals surface area contributed by atoms with Crippen LogP contribution in [0.25, 0.3) is 0 Å². The van der Waals surface area contributed by atoms with Gasteiger partial charge in [-0.05, 0) is 37.0 Å². The van der Waals surface area contributed by atoms with Gasteiger partial charge in [0.25, 0.3) is 5.56 Å². The van der Waals surface area contributed by atoms with Crippen molar-refractivity contribution in [2.45, 2.75) is 65.3 Å². The molecule has 0 saturated carbocycles. The first-order valence-electron chi connectivity index (χ1n) is 10.6. The summed E-state index contributed by atoms with van der Waals surface area (Å²) in [6.45, 7) is 4.75. The van der Waals surface area contributed by atoms with Crippen LogP contribution in [0, 0.1) is 5.82 Å². The Morgan fingerprint density at radius 2 is 1.77 bits per heavy atom. The van der Waals surface area contributed by atoms with Crippen LogP contribution in [0.5, 0.6) is 0 Å². The lowest BCUT2D eigenvalue weighted by Crippen LogP contribution is -2.41. The molecule has 1 heterocycles. The molecular formula is C22H31FN4O3. The standard InChI is InChI=1S/C22H31FN4O3/c1-3-5-7-15-26(18(28)13-10-16-8-11-17(23)12-9-16)19-20(24)27(14-6-4-2)22(30)25-21(19)29/h8-9,11-12H,3-7,10,13-15,24H2,1-2H3,(H,25,29,30). The van der Waals surface area contributed by atoms with E-state index >= 15 is 0 Å². The number of nitrogens with one attached hydrogen (secondary N) is 1. The van der Waals surface area contributed by atoms with Gasteiger partial charge in [-0.25, -0.2) is 9.18 Å². The van der Waals surface area contributed by atoms with E-state index in [-0.39, 0.29) is 29.7 Å². The highest BCUT2D eigenvalue weighted by molar-refractivity contribution is 5.95. The highest BCUT2D eigenvalue weighted by atomic mass is 19.1. The second-order valence-electron chi connectivity index (χ2n) is 7.38. The zero-order valence-electron chi connectivity index (χ0n) is 17.7. The minimum Gasteiger partial charge on any atom is -0.383 e. The van der Waals surface area contributed by atoms with Crippen molar-refractivity contribution in [3.8, 4) is 0 Å². The van der Waals surface area contributed by atoms with Crippen LogP contribution in [-0.4, -0.2) is 22.0 Å². The molecule has 8 heteroatoms. The Balaban J connectivity index is 2.33. The molecule has 3 N–H and O–H groups in total. The number of unbranched alkanes of at least 4 members (excludes halogenated alkanes) is 3. The fraction of sp³-hybridized carbons (Fsp3) is 0.500. The van der Waals surface area contributed by atoms with Crippen LogP contribution in [0.1, 0.15) is 57.9 Å². The van der Waals surface area contributed by atoms with Gasteiger partial charge in [0, 0.05) is 19.5 Å². The van der Waals surface area contributed by atoms with E-state index in [1.54, 1.807) is 12.1 Å². The number of carbonyl (C=O) groups excluding carboxylic acids is 1. The maximum Gasteiger partial charge on any atom is 0.330 e. The number of nitrogens with zero attached hydrogens (tertiary/aromatic N) is 2. The van der Waals surface area contributed by atoms with Crippen LogP contribution in [0.4, 0.5) is 15.9 Å². The number of rotatable bonds is 11. The molecule has 0 aliphatic heterocycles. The highest BCUT2D eigenvalue weighted by Crippen LogP contribution is 2.20. The first-order valence-corrected chi connectivity index (χ1v) is 10.6. The van der Waals surface area contributed by atoms with E-state index in [2.05, 4.69) is 4.98 Å². The number of halogens is 1. The third-order valence-corrected chi connectivity index (χ3v) is 5.05. The van der Waals surface area contributed by atoms with E-state index in [9.17, 15) is 18.8 Å². The lowest BCUT2D eigenvalue weighted by molar-refractivity contribution is -0.118. The normalized spacial score (nSPS) is 10.9. The minimum atomic E-state index is -0.656. The molecule has 1 aromatic heterocycles. The summed E-state index contributed by atoms with van der Waals surface area (Å²) in [5.41, 5.74) is 5.84. The molecule has 2 rings (SSSR count). The number of nitrogen functional groups attached to an aromatic ring is 1. The summed E-state index contributed by atoms with van der Waals surface area (Å²) < 4.78 is 14.4. The van der Waals surface area contributed by atoms with E-state index in [4.69, 9.17) is 5.73 Å². The van der Waals surface area contributed by atoms with E-state index in [0.717, 1.165) is 31.2 Å². The van der Waals surface area contributed by atoms with Gasteiger partial charge in [0.15, 0.2) is 5.69 Å². The molecule has 0 fully saturated rings. The van der Waals surface area contributed by atoms with Gasteiger partial charge >= 0.3 is 5.69 Å². The summed E-state index contributed by atoms with van der Waals surface area (Å²) in [6, 6.07) is 5.97. The largest absolute Gasteiger partial charge is 0.383 e. The summed E-state index contributed by atoms with van der Waals surface area (Å²) in [5, 5.41) is 0. The van der Waals surface area contributed by atoms with Crippen molar-refractivity contribution in [3.05, 3.63) is 56.5 Å². The second kappa shape index (κ2) is 11.3. The van der Waals surface area contributed by atoms with Gasteiger partial charge in [-0.1, -0.05) is 45.2 Å². The molecule has 164 valence electrons. The fourth-order valence-corrected chi connectivity index (χ4v) is 3.29. The molecule has 0 aliphatic rings. The third-order valence-electron chi connectivity index (χ3n) is 5.05. The number of aromatic nitrogens is 2. The van der Waals surface area contributed by atoms with E-state index in [0.29, 0.717) is 25.9 Å². The van der Waals surface area contributed by atoms with E-state index in [1.165, 1.54) is 21.6 Å². The Kier molecular flexibility index (Phi) is 8.83. The maximum atomic E-state index is 13.1.